The maximum atomic E-state index is 5.51. The number of hydrogen-bond donors (Lipinski definition) is 1. The van der Waals surface area contributed by atoms with Gasteiger partial charge in [-0.15, -0.1) is 0 Å². The lowest BCUT2D eigenvalue weighted by Crippen LogP contribution is -2.20. The van der Waals surface area contributed by atoms with Gasteiger partial charge in [0, 0.05) is 36.3 Å². The van der Waals surface area contributed by atoms with E-state index in [9.17, 15) is 0 Å². The third-order valence-electron chi connectivity index (χ3n) is 3.53. The molecule has 0 saturated heterocycles. The van der Waals surface area contributed by atoms with Gasteiger partial charge >= 0.3 is 0 Å². The maximum absolute atomic E-state index is 5.51. The second-order valence-electron chi connectivity index (χ2n) is 4.71. The van der Waals surface area contributed by atoms with Crippen LogP contribution >= 0.6 is 0 Å². The van der Waals surface area contributed by atoms with Crippen LogP contribution in [0.4, 0.5) is 0 Å². The first-order valence-electron chi connectivity index (χ1n) is 6.95. The first kappa shape index (κ1) is 13.8. The summed E-state index contributed by atoms with van der Waals surface area (Å²) in [6, 6.07) is 6.59. The molecule has 3 heteroatoms. The molecule has 2 rings (SSSR count). The second-order valence-corrected chi connectivity index (χ2v) is 4.71. The Balaban J connectivity index is 2.14. The molecule has 0 spiro atoms. The summed E-state index contributed by atoms with van der Waals surface area (Å²) in [6.45, 7) is 4.26. The van der Waals surface area contributed by atoms with Gasteiger partial charge in [-0.25, -0.2) is 0 Å². The fraction of sp³-hybridized carbons (Fsp3) is 0.438. The van der Waals surface area contributed by atoms with E-state index in [1.165, 1.54) is 11.1 Å². The fourth-order valence-corrected chi connectivity index (χ4v) is 2.31. The zero-order valence-electron chi connectivity index (χ0n) is 11.9. The largest absolute Gasteiger partial charge is 0.469 e. The molecule has 2 aromatic rings. The highest BCUT2D eigenvalue weighted by Crippen LogP contribution is 2.22. The number of hydrogen-bond acceptors (Lipinski definition) is 3. The number of nitrogens with zero attached hydrogens (tertiary/aromatic N) is 1. The number of likely N-dealkylation sites (N-methyl/N-ethyl adjacent to an activating group) is 1. The summed E-state index contributed by atoms with van der Waals surface area (Å²) in [6.07, 6.45) is 6.57. The van der Waals surface area contributed by atoms with Gasteiger partial charge in [-0.1, -0.05) is 19.9 Å². The van der Waals surface area contributed by atoms with Gasteiger partial charge in [0.15, 0.2) is 0 Å². The van der Waals surface area contributed by atoms with Crippen LogP contribution in [0, 0.1) is 0 Å². The summed E-state index contributed by atoms with van der Waals surface area (Å²) in [5, 5.41) is 3.36. The van der Waals surface area contributed by atoms with E-state index < -0.39 is 0 Å². The highest BCUT2D eigenvalue weighted by Gasteiger charge is 2.16. The topological polar surface area (TPSA) is 38.1 Å². The van der Waals surface area contributed by atoms with E-state index in [2.05, 4.69) is 42.3 Å². The standard InChI is InChI=1S/C16H22N2O/c1-4-12-6-7-13(18-11-12)10-15(17-3)14-8-9-19-16(14)5-2/h6-9,11,15,17H,4-5,10H2,1-3H3. The third-order valence-corrected chi connectivity index (χ3v) is 3.53. The van der Waals surface area contributed by atoms with E-state index in [1.807, 2.05) is 13.2 Å². The first-order valence-corrected chi connectivity index (χ1v) is 6.95. The predicted molar refractivity (Wildman–Crippen MR) is 77.2 cm³/mol. The molecular formula is C16H22N2O. The second kappa shape index (κ2) is 6.53. The van der Waals surface area contributed by atoms with Crippen LogP contribution in [0.15, 0.2) is 35.1 Å². The van der Waals surface area contributed by atoms with Crippen LogP contribution in [0.2, 0.25) is 0 Å². The van der Waals surface area contributed by atoms with E-state index in [0.717, 1.165) is 30.7 Å². The lowest BCUT2D eigenvalue weighted by molar-refractivity contribution is 0.494. The number of pyridine rings is 1. The molecule has 0 aliphatic rings. The molecule has 2 aromatic heterocycles. The summed E-state index contributed by atoms with van der Waals surface area (Å²) in [4.78, 5) is 4.53. The summed E-state index contributed by atoms with van der Waals surface area (Å²) in [7, 11) is 1.98. The minimum atomic E-state index is 0.258. The van der Waals surface area contributed by atoms with E-state index in [-0.39, 0.29) is 6.04 Å². The van der Waals surface area contributed by atoms with Crippen molar-refractivity contribution < 1.29 is 4.42 Å². The van der Waals surface area contributed by atoms with Crippen molar-refractivity contribution in [2.24, 2.45) is 0 Å². The molecule has 0 aromatic carbocycles. The highest BCUT2D eigenvalue weighted by atomic mass is 16.3. The maximum Gasteiger partial charge on any atom is 0.108 e. The highest BCUT2D eigenvalue weighted by molar-refractivity contribution is 5.24. The van der Waals surface area contributed by atoms with Gasteiger partial charge in [-0.05, 0) is 31.2 Å². The normalized spacial score (nSPS) is 12.6. The fourth-order valence-electron chi connectivity index (χ4n) is 2.31. The van der Waals surface area contributed by atoms with Crippen LogP contribution in [0.3, 0.4) is 0 Å². The Morgan fingerprint density at radius 1 is 1.21 bits per heavy atom. The summed E-state index contributed by atoms with van der Waals surface area (Å²) in [5.41, 5.74) is 3.63. The molecule has 1 unspecified atom stereocenters. The molecule has 0 fully saturated rings. The Labute approximate surface area is 115 Å². The van der Waals surface area contributed by atoms with Crippen molar-refractivity contribution in [3.63, 3.8) is 0 Å². The third kappa shape index (κ3) is 3.24. The van der Waals surface area contributed by atoms with Gasteiger partial charge in [-0.3, -0.25) is 4.98 Å². The van der Waals surface area contributed by atoms with Crippen molar-refractivity contribution >= 4 is 0 Å². The molecule has 3 nitrogen and oxygen atoms in total. The Kier molecular flexibility index (Phi) is 4.74. The van der Waals surface area contributed by atoms with E-state index >= 15 is 0 Å². The lowest BCUT2D eigenvalue weighted by atomic mass is 10.0. The Morgan fingerprint density at radius 3 is 2.63 bits per heavy atom. The summed E-state index contributed by atoms with van der Waals surface area (Å²) < 4.78 is 5.51. The first-order chi connectivity index (χ1) is 9.28. The average molecular weight is 258 g/mol. The number of rotatable bonds is 6. The molecule has 0 saturated carbocycles. The molecule has 0 aliphatic carbocycles. The predicted octanol–water partition coefficient (Wildman–Crippen LogP) is 3.30. The Hall–Kier alpha value is -1.61. The Bertz CT molecular complexity index is 502. The van der Waals surface area contributed by atoms with Crippen molar-refractivity contribution in [1.29, 1.82) is 0 Å². The zero-order chi connectivity index (χ0) is 13.7. The molecule has 102 valence electrons. The molecule has 1 atom stereocenters. The van der Waals surface area contributed by atoms with Crippen LogP contribution in [-0.4, -0.2) is 12.0 Å². The van der Waals surface area contributed by atoms with E-state index in [4.69, 9.17) is 4.42 Å². The van der Waals surface area contributed by atoms with Crippen LogP contribution in [-0.2, 0) is 19.3 Å². The minimum Gasteiger partial charge on any atom is -0.469 e. The smallest absolute Gasteiger partial charge is 0.108 e. The lowest BCUT2D eigenvalue weighted by Gasteiger charge is -2.15. The van der Waals surface area contributed by atoms with Crippen LogP contribution < -0.4 is 5.32 Å². The van der Waals surface area contributed by atoms with E-state index in [1.54, 1.807) is 6.26 Å². The molecule has 0 bridgehead atoms. The Morgan fingerprint density at radius 2 is 2.05 bits per heavy atom. The van der Waals surface area contributed by atoms with Crippen molar-refractivity contribution in [1.82, 2.24) is 10.3 Å². The number of furan rings is 1. The van der Waals surface area contributed by atoms with Gasteiger partial charge in [0.25, 0.3) is 0 Å². The van der Waals surface area contributed by atoms with Gasteiger partial charge in [0.05, 0.1) is 6.26 Å². The molecule has 0 amide bonds. The van der Waals surface area contributed by atoms with Gasteiger partial charge in [-0.2, -0.15) is 0 Å². The molecule has 0 aliphatic heterocycles. The van der Waals surface area contributed by atoms with Crippen molar-refractivity contribution in [2.45, 2.75) is 39.2 Å². The molecule has 1 N–H and O–H groups in total. The molecule has 19 heavy (non-hydrogen) atoms. The SMILES string of the molecule is CCc1ccc(CC(NC)c2ccoc2CC)nc1. The molecule has 2 heterocycles. The van der Waals surface area contributed by atoms with Crippen molar-refractivity contribution in [3.8, 4) is 0 Å². The molecule has 0 radical (unpaired) electrons. The van der Waals surface area contributed by atoms with Gasteiger partial charge in [0.1, 0.15) is 5.76 Å². The quantitative estimate of drug-likeness (QED) is 0.864. The number of aromatic nitrogens is 1. The monoisotopic (exact) mass is 258 g/mol. The van der Waals surface area contributed by atoms with Crippen molar-refractivity contribution in [2.75, 3.05) is 7.05 Å². The average Bonchev–Trinajstić information content (AvgIpc) is 2.93. The van der Waals surface area contributed by atoms with Gasteiger partial charge in [0.2, 0.25) is 0 Å². The van der Waals surface area contributed by atoms with Gasteiger partial charge < -0.3 is 9.73 Å². The van der Waals surface area contributed by atoms with E-state index in [0.29, 0.717) is 0 Å². The zero-order valence-corrected chi connectivity index (χ0v) is 11.9. The van der Waals surface area contributed by atoms with Crippen LogP contribution in [0.25, 0.3) is 0 Å². The van der Waals surface area contributed by atoms with Crippen LogP contribution in [0.5, 0.6) is 0 Å². The summed E-state index contributed by atoms with van der Waals surface area (Å²) in [5.74, 6) is 1.06. The minimum absolute atomic E-state index is 0.258. The van der Waals surface area contributed by atoms with Crippen molar-refractivity contribution in [3.05, 3.63) is 53.2 Å². The van der Waals surface area contributed by atoms with Crippen LogP contribution in [0.1, 0.15) is 42.5 Å². The molecular weight excluding hydrogens is 236 g/mol. The number of aryl methyl sites for hydroxylation is 2. The summed E-state index contributed by atoms with van der Waals surface area (Å²) >= 11 is 0. The number of nitrogens with one attached hydrogen (secondary N) is 1.